The first-order valence-corrected chi connectivity index (χ1v) is 6.62. The summed E-state index contributed by atoms with van der Waals surface area (Å²) in [6, 6.07) is 1.98. The molecule has 7 nitrogen and oxygen atoms in total. The highest BCUT2D eigenvalue weighted by Gasteiger charge is 2.44. The molecule has 1 rings (SSSR count). The van der Waals surface area contributed by atoms with Crippen LogP contribution in [0.2, 0.25) is 0 Å². The lowest BCUT2D eigenvalue weighted by Gasteiger charge is -2.40. The Bertz CT molecular complexity index is 361. The van der Waals surface area contributed by atoms with Gasteiger partial charge in [-0.1, -0.05) is 6.92 Å². The number of nitrogens with zero attached hydrogens (tertiary/aromatic N) is 1. The quantitative estimate of drug-likeness (QED) is 0.540. The minimum Gasteiger partial charge on any atom is -0.388 e. The highest BCUT2D eigenvalue weighted by Crippen LogP contribution is 2.31. The zero-order valence-electron chi connectivity index (χ0n) is 10.3. The Morgan fingerprint density at radius 1 is 1.47 bits per heavy atom. The molecular weight excluding hydrogens is 272 g/mol. The lowest BCUT2D eigenvalue weighted by Crippen LogP contribution is -2.57. The van der Waals surface area contributed by atoms with E-state index in [9.17, 15) is 20.1 Å². The standard InChI is InChI=1S/C11H17N2O5S/c1-5(2-3-12)4-6-7(14)8(15)9(16)10(18-6)19-11(13)17/h4-10,14-16H,2H2,1H3,(H2,13,17). The van der Waals surface area contributed by atoms with Crippen LogP contribution in [0, 0.1) is 23.7 Å². The third kappa shape index (κ3) is 4.33. The summed E-state index contributed by atoms with van der Waals surface area (Å²) in [6.45, 7) is 1.76. The molecule has 0 bridgehead atoms. The molecule has 8 heteroatoms. The monoisotopic (exact) mass is 289 g/mol. The third-order valence-electron chi connectivity index (χ3n) is 2.77. The van der Waals surface area contributed by atoms with Gasteiger partial charge in [0.2, 0.25) is 0 Å². The van der Waals surface area contributed by atoms with E-state index < -0.39 is 35.1 Å². The van der Waals surface area contributed by atoms with Crippen LogP contribution in [0.25, 0.3) is 0 Å². The molecule has 0 spiro atoms. The average Bonchev–Trinajstić information content (AvgIpc) is 2.32. The van der Waals surface area contributed by atoms with Crippen LogP contribution >= 0.6 is 11.8 Å². The van der Waals surface area contributed by atoms with Crippen LogP contribution in [-0.2, 0) is 4.74 Å². The summed E-state index contributed by atoms with van der Waals surface area (Å²) in [7, 11) is 0. The molecule has 1 saturated heterocycles. The molecule has 1 aliphatic rings. The van der Waals surface area contributed by atoms with E-state index in [0.717, 1.165) is 0 Å². The fourth-order valence-electron chi connectivity index (χ4n) is 1.78. The molecule has 6 atom stereocenters. The summed E-state index contributed by atoms with van der Waals surface area (Å²) in [5.74, 6) is -0.161. The van der Waals surface area contributed by atoms with Crippen LogP contribution in [-0.4, -0.2) is 50.4 Å². The van der Waals surface area contributed by atoms with Crippen LogP contribution in [0.4, 0.5) is 4.79 Å². The second-order valence-corrected chi connectivity index (χ2v) is 5.51. The van der Waals surface area contributed by atoms with E-state index in [-0.39, 0.29) is 12.3 Å². The van der Waals surface area contributed by atoms with E-state index in [1.54, 1.807) is 13.3 Å². The van der Waals surface area contributed by atoms with Crippen molar-refractivity contribution in [3.8, 4) is 6.07 Å². The zero-order valence-corrected chi connectivity index (χ0v) is 11.2. The summed E-state index contributed by atoms with van der Waals surface area (Å²) < 4.78 is 5.35. The first kappa shape index (κ1) is 16.2. The molecule has 0 aromatic carbocycles. The van der Waals surface area contributed by atoms with Gasteiger partial charge in [0.05, 0.1) is 12.2 Å². The van der Waals surface area contributed by atoms with Gasteiger partial charge in [0.15, 0.2) is 0 Å². The average molecular weight is 289 g/mol. The van der Waals surface area contributed by atoms with Gasteiger partial charge in [-0.15, -0.1) is 0 Å². The second-order valence-electron chi connectivity index (χ2n) is 4.41. The molecule has 0 aromatic heterocycles. The predicted octanol–water partition coefficient (Wildman–Crippen LogP) is -0.640. The lowest BCUT2D eigenvalue weighted by atomic mass is 9.92. The molecule has 19 heavy (non-hydrogen) atoms. The summed E-state index contributed by atoms with van der Waals surface area (Å²) in [4.78, 5) is 10.8. The minimum absolute atomic E-state index is 0.161. The normalized spacial score (nSPS) is 36.5. The zero-order chi connectivity index (χ0) is 14.6. The highest BCUT2D eigenvalue weighted by atomic mass is 32.2. The Labute approximate surface area is 115 Å². The van der Waals surface area contributed by atoms with Crippen molar-refractivity contribution in [3.63, 3.8) is 0 Å². The van der Waals surface area contributed by atoms with Crippen molar-refractivity contribution in [1.29, 1.82) is 5.26 Å². The van der Waals surface area contributed by atoms with Gasteiger partial charge < -0.3 is 25.8 Å². The van der Waals surface area contributed by atoms with Crippen molar-refractivity contribution in [2.45, 2.75) is 43.2 Å². The van der Waals surface area contributed by atoms with Crippen molar-refractivity contribution >= 4 is 17.0 Å². The van der Waals surface area contributed by atoms with Gasteiger partial charge in [-0.05, 0) is 24.1 Å². The Morgan fingerprint density at radius 2 is 2.11 bits per heavy atom. The molecule has 1 aliphatic heterocycles. The molecule has 5 N–H and O–H groups in total. The van der Waals surface area contributed by atoms with Crippen molar-refractivity contribution < 1.29 is 24.9 Å². The summed E-state index contributed by atoms with van der Waals surface area (Å²) in [5, 5.41) is 37.0. The Hall–Kier alpha value is -0.850. The van der Waals surface area contributed by atoms with Gasteiger partial charge in [-0.3, -0.25) is 4.79 Å². The molecule has 1 amide bonds. The topological polar surface area (TPSA) is 137 Å². The molecule has 1 fully saturated rings. The van der Waals surface area contributed by atoms with E-state index in [1.165, 1.54) is 0 Å². The fourth-order valence-corrected chi connectivity index (χ4v) is 2.49. The molecule has 107 valence electrons. The number of nitriles is 1. The van der Waals surface area contributed by atoms with E-state index in [0.29, 0.717) is 11.8 Å². The number of aliphatic hydroxyl groups excluding tert-OH is 3. The Kier molecular flexibility index (Phi) is 6.03. The predicted molar refractivity (Wildman–Crippen MR) is 67.5 cm³/mol. The number of hydrogen-bond donors (Lipinski definition) is 4. The SMILES string of the molecule is CC([CH]C1OC(SC(N)=O)C(O)C(O)C1O)CC#N. The van der Waals surface area contributed by atoms with Gasteiger partial charge in [-0.2, -0.15) is 5.26 Å². The highest BCUT2D eigenvalue weighted by molar-refractivity contribution is 8.13. The molecule has 0 aromatic rings. The molecular formula is C11H17N2O5S. The van der Waals surface area contributed by atoms with Crippen molar-refractivity contribution in [3.05, 3.63) is 6.42 Å². The van der Waals surface area contributed by atoms with Gasteiger partial charge in [-0.25, -0.2) is 0 Å². The number of thioether (sulfide) groups is 1. The summed E-state index contributed by atoms with van der Waals surface area (Å²) in [5.41, 5.74) is 3.95. The number of aliphatic hydroxyl groups is 3. The molecule has 1 radical (unpaired) electrons. The van der Waals surface area contributed by atoms with Gasteiger partial charge in [0.25, 0.3) is 5.24 Å². The maximum atomic E-state index is 10.8. The van der Waals surface area contributed by atoms with Crippen molar-refractivity contribution in [1.82, 2.24) is 0 Å². The molecule has 0 aliphatic carbocycles. The Morgan fingerprint density at radius 3 is 2.63 bits per heavy atom. The summed E-state index contributed by atoms with van der Waals surface area (Å²) >= 11 is 0.544. The number of amides is 1. The first-order chi connectivity index (χ1) is 8.86. The van der Waals surface area contributed by atoms with Crippen LogP contribution in [0.1, 0.15) is 13.3 Å². The molecule has 6 unspecified atom stereocenters. The summed E-state index contributed by atoms with van der Waals surface area (Å²) in [6.07, 6.45) is -3.25. The van der Waals surface area contributed by atoms with E-state index in [4.69, 9.17) is 15.7 Å². The fraction of sp³-hybridized carbons (Fsp3) is 0.727. The first-order valence-electron chi connectivity index (χ1n) is 5.74. The van der Waals surface area contributed by atoms with E-state index in [2.05, 4.69) is 0 Å². The number of carbonyl (C=O) groups is 1. The minimum atomic E-state index is -1.44. The maximum absolute atomic E-state index is 10.8. The van der Waals surface area contributed by atoms with E-state index in [1.807, 2.05) is 6.07 Å². The maximum Gasteiger partial charge on any atom is 0.279 e. The van der Waals surface area contributed by atoms with Crippen LogP contribution in [0.5, 0.6) is 0 Å². The number of nitrogens with two attached hydrogens (primary N) is 1. The second kappa shape index (κ2) is 7.07. The van der Waals surface area contributed by atoms with Crippen molar-refractivity contribution in [2.24, 2.45) is 11.7 Å². The molecule has 0 saturated carbocycles. The number of ether oxygens (including phenoxy) is 1. The molecule has 1 heterocycles. The van der Waals surface area contributed by atoms with Gasteiger partial charge in [0, 0.05) is 6.42 Å². The third-order valence-corrected chi connectivity index (χ3v) is 3.62. The van der Waals surface area contributed by atoms with E-state index >= 15 is 0 Å². The van der Waals surface area contributed by atoms with Crippen molar-refractivity contribution in [2.75, 3.05) is 0 Å². The van der Waals surface area contributed by atoms with Crippen LogP contribution in [0.3, 0.4) is 0 Å². The van der Waals surface area contributed by atoms with Crippen LogP contribution < -0.4 is 5.73 Å². The largest absolute Gasteiger partial charge is 0.388 e. The Balaban J connectivity index is 2.70. The van der Waals surface area contributed by atoms with Gasteiger partial charge >= 0.3 is 0 Å². The van der Waals surface area contributed by atoms with Crippen LogP contribution in [0.15, 0.2) is 0 Å². The van der Waals surface area contributed by atoms with Gasteiger partial charge in [0.1, 0.15) is 23.7 Å². The smallest absolute Gasteiger partial charge is 0.279 e. The lowest BCUT2D eigenvalue weighted by molar-refractivity contribution is -0.189. The number of rotatable bonds is 4. The number of carbonyl (C=O) groups excluding carboxylic acids is 1. The number of primary amides is 1. The number of hydrogen-bond acceptors (Lipinski definition) is 7.